The summed E-state index contributed by atoms with van der Waals surface area (Å²) < 4.78 is 4.91. The molecule has 0 spiro atoms. The van der Waals surface area contributed by atoms with Crippen LogP contribution in [0.25, 0.3) is 11.0 Å². The zero-order chi connectivity index (χ0) is 10.3. The molecule has 0 saturated carbocycles. The predicted octanol–water partition coefficient (Wildman–Crippen LogP) is 1.42. The predicted molar refractivity (Wildman–Crippen MR) is 49.3 cm³/mol. The zero-order valence-corrected chi connectivity index (χ0v) is 7.02. The van der Waals surface area contributed by atoms with Gasteiger partial charge in [-0.2, -0.15) is 0 Å². The van der Waals surface area contributed by atoms with Crippen molar-refractivity contribution in [1.82, 2.24) is 0 Å². The molecule has 2 rings (SSSR count). The summed E-state index contributed by atoms with van der Waals surface area (Å²) in [6.45, 7) is 0. The van der Waals surface area contributed by atoms with Crippen LogP contribution in [0.5, 0.6) is 5.75 Å². The number of anilines is 1. The minimum atomic E-state index is -1.31. The second kappa shape index (κ2) is 2.66. The average molecular weight is 193 g/mol. The fourth-order valence-electron chi connectivity index (χ4n) is 1.24. The molecule has 5 nitrogen and oxygen atoms in total. The summed E-state index contributed by atoms with van der Waals surface area (Å²) in [6, 6.07) is 4.53. The lowest BCUT2D eigenvalue weighted by atomic mass is 10.2. The number of nitrogen functional groups attached to an aromatic ring is 1. The Bertz CT molecular complexity index is 515. The molecule has 72 valence electrons. The highest BCUT2D eigenvalue weighted by Gasteiger charge is 2.18. The maximum absolute atomic E-state index is 10.6. The van der Waals surface area contributed by atoms with E-state index in [1.807, 2.05) is 0 Å². The number of aromatic carboxylic acids is 1. The van der Waals surface area contributed by atoms with E-state index in [0.717, 1.165) is 0 Å². The van der Waals surface area contributed by atoms with E-state index in [4.69, 9.17) is 15.3 Å². The Morgan fingerprint density at radius 3 is 2.79 bits per heavy atom. The fourth-order valence-corrected chi connectivity index (χ4v) is 1.24. The number of carboxylic acid groups (broad SMARTS) is 1. The van der Waals surface area contributed by atoms with Crippen molar-refractivity contribution in [3.8, 4) is 5.75 Å². The van der Waals surface area contributed by atoms with Crippen molar-refractivity contribution in [2.75, 3.05) is 5.73 Å². The van der Waals surface area contributed by atoms with Gasteiger partial charge in [0.15, 0.2) is 5.75 Å². The number of fused-ring (bicyclic) bond motifs is 1. The molecule has 0 bridgehead atoms. The highest BCUT2D eigenvalue weighted by atomic mass is 16.4. The van der Waals surface area contributed by atoms with Gasteiger partial charge in [-0.05, 0) is 12.1 Å². The first-order chi connectivity index (χ1) is 6.59. The second-order valence-electron chi connectivity index (χ2n) is 2.84. The van der Waals surface area contributed by atoms with Gasteiger partial charge in [0.2, 0.25) is 0 Å². The Balaban J connectivity index is 2.79. The number of benzene rings is 1. The van der Waals surface area contributed by atoms with Crippen LogP contribution in [0.4, 0.5) is 5.69 Å². The van der Waals surface area contributed by atoms with Crippen molar-refractivity contribution in [3.05, 3.63) is 24.0 Å². The van der Waals surface area contributed by atoms with Crippen LogP contribution >= 0.6 is 0 Å². The normalized spacial score (nSPS) is 10.6. The van der Waals surface area contributed by atoms with Crippen molar-refractivity contribution in [3.63, 3.8) is 0 Å². The van der Waals surface area contributed by atoms with Crippen LogP contribution in [0, 0.1) is 0 Å². The van der Waals surface area contributed by atoms with Crippen LogP contribution in [0.3, 0.4) is 0 Å². The fraction of sp³-hybridized carbons (Fsp3) is 0. The van der Waals surface area contributed by atoms with E-state index in [1.54, 1.807) is 6.07 Å². The van der Waals surface area contributed by atoms with Gasteiger partial charge in [0.25, 0.3) is 5.76 Å². The Hall–Kier alpha value is -2.17. The second-order valence-corrected chi connectivity index (χ2v) is 2.84. The standard InChI is InChI=1S/C9H7NO4/c10-4-1-2-5-6(3-4)14-8(7(5)11)9(12)13/h1-3,11H,10H2,(H,12,13). The first-order valence-corrected chi connectivity index (χ1v) is 3.84. The minimum absolute atomic E-state index is 0.264. The Morgan fingerprint density at radius 2 is 2.14 bits per heavy atom. The molecule has 0 saturated heterocycles. The Labute approximate surface area is 78.4 Å². The molecule has 0 amide bonds. The molecule has 1 aromatic heterocycles. The van der Waals surface area contributed by atoms with E-state index in [9.17, 15) is 9.90 Å². The van der Waals surface area contributed by atoms with Crippen LogP contribution < -0.4 is 5.73 Å². The van der Waals surface area contributed by atoms with Crippen LogP contribution in [0.15, 0.2) is 22.6 Å². The summed E-state index contributed by atoms with van der Waals surface area (Å²) in [6.07, 6.45) is 0. The summed E-state index contributed by atoms with van der Waals surface area (Å²) in [5, 5.41) is 18.4. The van der Waals surface area contributed by atoms with Gasteiger partial charge >= 0.3 is 5.97 Å². The maximum atomic E-state index is 10.6. The molecule has 0 aliphatic rings. The van der Waals surface area contributed by atoms with Gasteiger partial charge in [-0.25, -0.2) is 4.79 Å². The SMILES string of the molecule is Nc1ccc2c(O)c(C(=O)O)oc2c1. The van der Waals surface area contributed by atoms with Gasteiger partial charge < -0.3 is 20.4 Å². The number of rotatable bonds is 1. The van der Waals surface area contributed by atoms with Gasteiger partial charge in [-0.15, -0.1) is 0 Å². The third kappa shape index (κ3) is 1.06. The summed E-state index contributed by atoms with van der Waals surface area (Å²) in [7, 11) is 0. The highest BCUT2D eigenvalue weighted by molar-refractivity contribution is 5.98. The van der Waals surface area contributed by atoms with Crippen LogP contribution in [-0.4, -0.2) is 16.2 Å². The smallest absolute Gasteiger partial charge is 0.375 e. The summed E-state index contributed by atoms with van der Waals surface area (Å²) >= 11 is 0. The molecule has 5 heteroatoms. The molecule has 0 atom stereocenters. The van der Waals surface area contributed by atoms with Gasteiger partial charge in [-0.1, -0.05) is 0 Å². The van der Waals surface area contributed by atoms with Crippen molar-refractivity contribution in [2.24, 2.45) is 0 Å². The Morgan fingerprint density at radius 1 is 1.43 bits per heavy atom. The number of furan rings is 1. The molecular formula is C9H7NO4. The van der Waals surface area contributed by atoms with E-state index in [0.29, 0.717) is 11.1 Å². The first-order valence-electron chi connectivity index (χ1n) is 3.84. The van der Waals surface area contributed by atoms with Gasteiger partial charge in [0.05, 0.1) is 5.39 Å². The molecule has 0 fully saturated rings. The largest absolute Gasteiger partial charge is 0.504 e. The molecule has 1 heterocycles. The third-order valence-electron chi connectivity index (χ3n) is 1.88. The monoisotopic (exact) mass is 193 g/mol. The van der Waals surface area contributed by atoms with Crippen molar-refractivity contribution in [2.45, 2.75) is 0 Å². The molecule has 0 radical (unpaired) electrons. The van der Waals surface area contributed by atoms with E-state index in [-0.39, 0.29) is 11.3 Å². The number of hydrogen-bond acceptors (Lipinski definition) is 4. The molecule has 0 aliphatic carbocycles. The Kier molecular flexibility index (Phi) is 1.60. The lowest BCUT2D eigenvalue weighted by Crippen LogP contribution is -1.92. The average Bonchev–Trinajstić information content (AvgIpc) is 2.43. The minimum Gasteiger partial charge on any atom is -0.504 e. The van der Waals surface area contributed by atoms with Gasteiger partial charge in [-0.3, -0.25) is 0 Å². The van der Waals surface area contributed by atoms with Crippen LogP contribution in [-0.2, 0) is 0 Å². The molecule has 14 heavy (non-hydrogen) atoms. The molecule has 0 aliphatic heterocycles. The van der Waals surface area contributed by atoms with Crippen molar-refractivity contribution in [1.29, 1.82) is 0 Å². The number of aromatic hydroxyl groups is 1. The summed E-state index contributed by atoms with van der Waals surface area (Å²) in [5.74, 6) is -2.14. The van der Waals surface area contributed by atoms with Gasteiger partial charge in [0, 0.05) is 11.8 Å². The molecule has 4 N–H and O–H groups in total. The van der Waals surface area contributed by atoms with E-state index >= 15 is 0 Å². The summed E-state index contributed by atoms with van der Waals surface area (Å²) in [5.41, 5.74) is 6.18. The summed E-state index contributed by atoms with van der Waals surface area (Å²) in [4.78, 5) is 10.6. The van der Waals surface area contributed by atoms with Crippen molar-refractivity contribution >= 4 is 22.6 Å². The molecule has 2 aromatic rings. The van der Waals surface area contributed by atoms with Crippen LogP contribution in [0.1, 0.15) is 10.6 Å². The third-order valence-corrected chi connectivity index (χ3v) is 1.88. The number of nitrogens with two attached hydrogens (primary N) is 1. The highest BCUT2D eigenvalue weighted by Crippen LogP contribution is 2.32. The molecule has 0 unspecified atom stereocenters. The number of carbonyl (C=O) groups is 1. The molecule has 1 aromatic carbocycles. The number of carboxylic acids is 1. The maximum Gasteiger partial charge on any atom is 0.375 e. The van der Waals surface area contributed by atoms with Crippen LogP contribution in [0.2, 0.25) is 0 Å². The zero-order valence-electron chi connectivity index (χ0n) is 7.02. The molecular weight excluding hydrogens is 186 g/mol. The van der Waals surface area contributed by atoms with Gasteiger partial charge in [0.1, 0.15) is 5.58 Å². The topological polar surface area (TPSA) is 96.7 Å². The van der Waals surface area contributed by atoms with Crippen molar-refractivity contribution < 1.29 is 19.4 Å². The lowest BCUT2D eigenvalue weighted by Gasteiger charge is -1.90. The van der Waals surface area contributed by atoms with E-state index < -0.39 is 11.7 Å². The van der Waals surface area contributed by atoms with E-state index in [2.05, 4.69) is 0 Å². The van der Waals surface area contributed by atoms with E-state index in [1.165, 1.54) is 12.1 Å². The quantitative estimate of drug-likeness (QED) is 0.595. The number of hydrogen-bond donors (Lipinski definition) is 3. The first kappa shape index (κ1) is 8.43. The lowest BCUT2D eigenvalue weighted by molar-refractivity contribution is 0.0660.